The minimum absolute atomic E-state index is 1.29. The summed E-state index contributed by atoms with van der Waals surface area (Å²) >= 11 is 0. The van der Waals surface area contributed by atoms with Crippen LogP contribution in [0.15, 0.2) is 48.0 Å². The highest BCUT2D eigenvalue weighted by atomic mass is 14.2. The molecule has 0 saturated heterocycles. The van der Waals surface area contributed by atoms with Crippen LogP contribution in [0.5, 0.6) is 0 Å². The molecule has 0 atom stereocenters. The summed E-state index contributed by atoms with van der Waals surface area (Å²) in [6.45, 7) is 2.17. The summed E-state index contributed by atoms with van der Waals surface area (Å²) < 4.78 is 0. The molecule has 4 rings (SSSR count). The van der Waals surface area contributed by atoms with Gasteiger partial charge < -0.3 is 0 Å². The third kappa shape index (κ3) is 1.53. The molecular weight excluding hydrogens is 228 g/mol. The van der Waals surface area contributed by atoms with Crippen LogP contribution in [0.3, 0.4) is 0 Å². The van der Waals surface area contributed by atoms with Gasteiger partial charge in [0, 0.05) is 0 Å². The van der Waals surface area contributed by atoms with Gasteiger partial charge in [0.2, 0.25) is 0 Å². The van der Waals surface area contributed by atoms with Gasteiger partial charge in [0.1, 0.15) is 0 Å². The van der Waals surface area contributed by atoms with Crippen molar-refractivity contribution in [1.29, 1.82) is 0 Å². The Morgan fingerprint density at radius 3 is 2.58 bits per heavy atom. The van der Waals surface area contributed by atoms with Crippen molar-refractivity contribution < 1.29 is 0 Å². The van der Waals surface area contributed by atoms with Gasteiger partial charge in [-0.05, 0) is 51.3 Å². The van der Waals surface area contributed by atoms with Gasteiger partial charge >= 0.3 is 0 Å². The molecular formula is C19H14. The Labute approximate surface area is 112 Å². The molecule has 0 fully saturated rings. The SMILES string of the molecule is CC1=Cc2c3c(cc(-c4ccccc4)c2=C1)=CC=C3. The Morgan fingerprint density at radius 2 is 1.74 bits per heavy atom. The van der Waals surface area contributed by atoms with Gasteiger partial charge in [-0.25, -0.2) is 0 Å². The first-order valence-electron chi connectivity index (χ1n) is 6.64. The van der Waals surface area contributed by atoms with E-state index in [2.05, 4.69) is 73.7 Å². The van der Waals surface area contributed by atoms with Gasteiger partial charge in [-0.2, -0.15) is 0 Å². The molecule has 0 spiro atoms. The summed E-state index contributed by atoms with van der Waals surface area (Å²) in [6.07, 6.45) is 11.1. The van der Waals surface area contributed by atoms with E-state index >= 15 is 0 Å². The molecule has 2 aliphatic carbocycles. The maximum absolute atomic E-state index is 2.31. The lowest BCUT2D eigenvalue weighted by atomic mass is 9.96. The summed E-state index contributed by atoms with van der Waals surface area (Å²) in [7, 11) is 0. The van der Waals surface area contributed by atoms with Crippen LogP contribution in [0.2, 0.25) is 0 Å². The van der Waals surface area contributed by atoms with Crippen molar-refractivity contribution in [2.75, 3.05) is 0 Å². The van der Waals surface area contributed by atoms with Crippen LogP contribution >= 0.6 is 0 Å². The van der Waals surface area contributed by atoms with Gasteiger partial charge in [0.25, 0.3) is 0 Å². The van der Waals surface area contributed by atoms with E-state index in [1.54, 1.807) is 0 Å². The van der Waals surface area contributed by atoms with Gasteiger partial charge in [-0.3, -0.25) is 0 Å². The lowest BCUT2D eigenvalue weighted by Crippen LogP contribution is -2.17. The fourth-order valence-corrected chi connectivity index (χ4v) is 2.99. The van der Waals surface area contributed by atoms with E-state index in [1.165, 1.54) is 38.3 Å². The Balaban J connectivity index is 2.12. The monoisotopic (exact) mass is 242 g/mol. The van der Waals surface area contributed by atoms with Crippen molar-refractivity contribution >= 4 is 24.3 Å². The molecule has 0 heteroatoms. The molecule has 0 radical (unpaired) electrons. The normalized spacial score (nSPS) is 14.5. The van der Waals surface area contributed by atoms with Crippen LogP contribution in [-0.2, 0) is 0 Å². The average Bonchev–Trinajstić information content (AvgIpc) is 3.03. The molecule has 0 heterocycles. The standard InChI is InChI=1S/C19H14/c1-13-10-18-16-9-5-8-15(16)12-17(19(18)11-13)14-6-3-2-4-7-14/h2-12H,1H3. The second-order valence-electron chi connectivity index (χ2n) is 5.18. The zero-order chi connectivity index (χ0) is 12.8. The van der Waals surface area contributed by atoms with E-state index in [1.807, 2.05) is 0 Å². The average molecular weight is 242 g/mol. The van der Waals surface area contributed by atoms with Gasteiger partial charge in [-0.1, -0.05) is 60.7 Å². The number of fused-ring (bicyclic) bond motifs is 3. The Morgan fingerprint density at radius 1 is 0.895 bits per heavy atom. The second-order valence-corrected chi connectivity index (χ2v) is 5.18. The molecule has 19 heavy (non-hydrogen) atoms. The first-order valence-corrected chi connectivity index (χ1v) is 6.64. The van der Waals surface area contributed by atoms with E-state index in [0.29, 0.717) is 0 Å². The summed E-state index contributed by atoms with van der Waals surface area (Å²) in [5.41, 5.74) is 6.70. The smallest absolute Gasteiger partial charge is 0.00962 e. The molecule has 90 valence electrons. The van der Waals surface area contributed by atoms with E-state index < -0.39 is 0 Å². The van der Waals surface area contributed by atoms with Crippen LogP contribution in [-0.4, -0.2) is 0 Å². The first kappa shape index (κ1) is 10.6. The third-order valence-corrected chi connectivity index (χ3v) is 3.85. The number of allylic oxidation sites excluding steroid dienone is 2. The first-order chi connectivity index (χ1) is 9.33. The minimum Gasteiger partial charge on any atom is -0.0622 e. The van der Waals surface area contributed by atoms with Crippen molar-refractivity contribution in [3.8, 4) is 11.1 Å². The van der Waals surface area contributed by atoms with E-state index in [4.69, 9.17) is 0 Å². The van der Waals surface area contributed by atoms with Crippen molar-refractivity contribution in [1.82, 2.24) is 0 Å². The predicted octanol–water partition coefficient (Wildman–Crippen LogP) is 3.36. The summed E-state index contributed by atoms with van der Waals surface area (Å²) in [5, 5.41) is 2.69. The van der Waals surface area contributed by atoms with Crippen LogP contribution in [0, 0.1) is 0 Å². The molecule has 0 aromatic heterocycles. The van der Waals surface area contributed by atoms with Crippen molar-refractivity contribution in [2.45, 2.75) is 6.92 Å². The van der Waals surface area contributed by atoms with Crippen LogP contribution in [0.25, 0.3) is 35.4 Å². The summed E-state index contributed by atoms with van der Waals surface area (Å²) in [4.78, 5) is 0. The lowest BCUT2D eigenvalue weighted by molar-refractivity contribution is 1.49. The number of hydrogen-bond acceptors (Lipinski definition) is 0. The largest absolute Gasteiger partial charge is 0.0622 e. The summed E-state index contributed by atoms with van der Waals surface area (Å²) in [5.74, 6) is 0. The molecule has 2 aliphatic rings. The minimum atomic E-state index is 1.29. The molecule has 0 bridgehead atoms. The van der Waals surface area contributed by atoms with Crippen LogP contribution in [0.4, 0.5) is 0 Å². The van der Waals surface area contributed by atoms with Crippen LogP contribution < -0.4 is 10.4 Å². The molecule has 2 aromatic rings. The second kappa shape index (κ2) is 3.83. The zero-order valence-electron chi connectivity index (χ0n) is 10.9. The predicted molar refractivity (Wildman–Crippen MR) is 82.7 cm³/mol. The topological polar surface area (TPSA) is 0 Å². The molecule has 2 aromatic carbocycles. The number of benzene rings is 2. The fraction of sp³-hybridized carbons (Fsp3) is 0.0526. The highest BCUT2D eigenvalue weighted by Gasteiger charge is 2.13. The van der Waals surface area contributed by atoms with Crippen molar-refractivity contribution in [2.24, 2.45) is 0 Å². The zero-order valence-corrected chi connectivity index (χ0v) is 10.9. The molecule has 0 unspecified atom stereocenters. The van der Waals surface area contributed by atoms with Gasteiger partial charge in [0.05, 0.1) is 0 Å². The molecule has 0 aliphatic heterocycles. The highest BCUT2D eigenvalue weighted by Crippen LogP contribution is 2.22. The Bertz CT molecular complexity index is 847. The molecule has 0 amide bonds. The fourth-order valence-electron chi connectivity index (χ4n) is 2.99. The van der Waals surface area contributed by atoms with Gasteiger partial charge in [0.15, 0.2) is 0 Å². The maximum atomic E-state index is 2.31. The molecule has 0 N–H and O–H groups in total. The Kier molecular flexibility index (Phi) is 2.13. The Hall–Kier alpha value is -2.34. The van der Waals surface area contributed by atoms with Gasteiger partial charge in [-0.15, -0.1) is 0 Å². The molecule has 0 saturated carbocycles. The van der Waals surface area contributed by atoms with E-state index in [-0.39, 0.29) is 0 Å². The van der Waals surface area contributed by atoms with E-state index in [0.717, 1.165) is 0 Å². The molecule has 0 nitrogen and oxygen atoms in total. The lowest BCUT2D eigenvalue weighted by Gasteiger charge is -2.07. The quantitative estimate of drug-likeness (QED) is 0.719. The highest BCUT2D eigenvalue weighted by molar-refractivity contribution is 5.86. The maximum Gasteiger partial charge on any atom is -0.00962 e. The van der Waals surface area contributed by atoms with Crippen LogP contribution in [0.1, 0.15) is 18.1 Å². The summed E-state index contributed by atoms with van der Waals surface area (Å²) in [6, 6.07) is 13.0. The number of rotatable bonds is 1. The van der Waals surface area contributed by atoms with Crippen molar-refractivity contribution in [3.05, 3.63) is 69.6 Å². The number of hydrogen-bond donors (Lipinski definition) is 0. The van der Waals surface area contributed by atoms with E-state index in [9.17, 15) is 0 Å². The van der Waals surface area contributed by atoms with Crippen molar-refractivity contribution in [3.63, 3.8) is 0 Å². The third-order valence-electron chi connectivity index (χ3n) is 3.85.